The van der Waals surface area contributed by atoms with Crippen molar-refractivity contribution in [3.63, 3.8) is 0 Å². The quantitative estimate of drug-likeness (QED) is 0.496. The molecule has 0 N–H and O–H groups in total. The molecule has 8 nitrogen and oxygen atoms in total. The second-order valence-corrected chi connectivity index (χ2v) is 7.55. The van der Waals surface area contributed by atoms with Crippen LogP contribution in [0.4, 0.5) is 0 Å². The maximum Gasteiger partial charge on any atom is 0.252 e. The maximum atomic E-state index is 6.10. The molecule has 2 aromatic carbocycles. The first kappa shape index (κ1) is 18.8. The highest BCUT2D eigenvalue weighted by atomic mass is 35.5. The molecule has 4 aromatic rings. The Hall–Kier alpha value is -3.23. The summed E-state index contributed by atoms with van der Waals surface area (Å²) in [5.41, 5.74) is 1.78. The maximum absolute atomic E-state index is 6.10. The van der Waals surface area contributed by atoms with Gasteiger partial charge in [-0.1, -0.05) is 28.9 Å². The van der Waals surface area contributed by atoms with Gasteiger partial charge in [-0.25, -0.2) is 0 Å². The number of fused-ring (bicyclic) bond motifs is 1. The summed E-state index contributed by atoms with van der Waals surface area (Å²) in [6.07, 6.45) is 0. The third-order valence-electron chi connectivity index (χ3n) is 5.25. The third kappa shape index (κ3) is 3.24. The van der Waals surface area contributed by atoms with E-state index in [-0.39, 0.29) is 6.04 Å². The lowest BCUT2D eigenvalue weighted by molar-refractivity contribution is 0.182. The lowest BCUT2D eigenvalue weighted by Gasteiger charge is -2.30. The summed E-state index contributed by atoms with van der Waals surface area (Å²) in [5, 5.41) is 13.7. The summed E-state index contributed by atoms with van der Waals surface area (Å²) >= 11 is 6.10. The Labute approximate surface area is 178 Å². The second-order valence-electron chi connectivity index (χ2n) is 7.11. The van der Waals surface area contributed by atoms with Crippen molar-refractivity contribution < 1.29 is 9.26 Å². The summed E-state index contributed by atoms with van der Waals surface area (Å²) in [7, 11) is 3.66. The van der Waals surface area contributed by atoms with E-state index < -0.39 is 0 Å². The van der Waals surface area contributed by atoms with Gasteiger partial charge >= 0.3 is 0 Å². The molecule has 9 heteroatoms. The molecule has 0 aliphatic carbocycles. The van der Waals surface area contributed by atoms with Crippen LogP contribution in [0, 0.1) is 0 Å². The first-order valence-corrected chi connectivity index (χ1v) is 9.89. The smallest absolute Gasteiger partial charge is 0.252 e. The van der Waals surface area contributed by atoms with Gasteiger partial charge in [0.15, 0.2) is 17.7 Å². The summed E-state index contributed by atoms with van der Waals surface area (Å²) in [5.74, 6) is 3.35. The van der Waals surface area contributed by atoms with Crippen molar-refractivity contribution in [2.75, 3.05) is 20.7 Å². The van der Waals surface area contributed by atoms with Crippen molar-refractivity contribution in [1.82, 2.24) is 29.8 Å². The Kier molecular flexibility index (Phi) is 4.72. The molecule has 0 amide bonds. The molecule has 1 aliphatic heterocycles. The van der Waals surface area contributed by atoms with Crippen LogP contribution in [0.5, 0.6) is 5.75 Å². The zero-order valence-electron chi connectivity index (χ0n) is 16.5. The summed E-state index contributed by atoms with van der Waals surface area (Å²) in [4.78, 5) is 6.76. The number of ether oxygens (including phenoxy) is 1. The summed E-state index contributed by atoms with van der Waals surface area (Å²) in [6, 6.07) is 14.9. The van der Waals surface area contributed by atoms with E-state index in [1.54, 1.807) is 7.11 Å². The van der Waals surface area contributed by atoms with Crippen LogP contribution >= 0.6 is 11.6 Å². The fourth-order valence-electron chi connectivity index (χ4n) is 3.67. The molecule has 2 aromatic heterocycles. The average Bonchev–Trinajstić information content (AvgIpc) is 3.41. The van der Waals surface area contributed by atoms with Crippen molar-refractivity contribution in [1.29, 1.82) is 0 Å². The number of aromatic nitrogens is 5. The fourth-order valence-corrected chi connectivity index (χ4v) is 3.86. The van der Waals surface area contributed by atoms with E-state index in [0.29, 0.717) is 16.7 Å². The topological polar surface area (TPSA) is 82.1 Å². The number of halogens is 1. The molecule has 0 fully saturated rings. The lowest BCUT2D eigenvalue weighted by Crippen LogP contribution is -2.36. The van der Waals surface area contributed by atoms with Crippen molar-refractivity contribution in [2.24, 2.45) is 0 Å². The van der Waals surface area contributed by atoms with E-state index in [1.807, 2.05) is 55.6 Å². The Morgan fingerprint density at radius 1 is 1.07 bits per heavy atom. The highest BCUT2D eigenvalue weighted by molar-refractivity contribution is 6.30. The van der Waals surface area contributed by atoms with Crippen LogP contribution in [0.15, 0.2) is 53.1 Å². The van der Waals surface area contributed by atoms with E-state index in [0.717, 1.165) is 41.6 Å². The number of benzene rings is 2. The van der Waals surface area contributed by atoms with Gasteiger partial charge in [-0.3, -0.25) is 4.90 Å². The molecule has 0 bridgehead atoms. The molecular formula is C21H19ClN6O2. The van der Waals surface area contributed by atoms with E-state index >= 15 is 0 Å². The zero-order chi connectivity index (χ0) is 20.7. The highest BCUT2D eigenvalue weighted by Gasteiger charge is 2.35. The Bertz CT molecular complexity index is 1190. The number of methoxy groups -OCH3 is 1. The van der Waals surface area contributed by atoms with Crippen molar-refractivity contribution >= 4 is 11.6 Å². The lowest BCUT2D eigenvalue weighted by atomic mass is 10.1. The van der Waals surface area contributed by atoms with E-state index in [2.05, 4.69) is 29.8 Å². The molecule has 1 atom stereocenters. The number of hydrogen-bond donors (Lipinski definition) is 0. The molecule has 1 unspecified atom stereocenters. The number of hydrogen-bond acceptors (Lipinski definition) is 7. The van der Waals surface area contributed by atoms with Crippen LogP contribution in [0.1, 0.15) is 17.8 Å². The normalized spacial score (nSPS) is 16.4. The average molecular weight is 423 g/mol. The van der Waals surface area contributed by atoms with Crippen LogP contribution in [0.25, 0.3) is 22.8 Å². The van der Waals surface area contributed by atoms with Crippen molar-refractivity contribution in [3.8, 4) is 28.5 Å². The molecule has 0 radical (unpaired) electrons. The first-order valence-electron chi connectivity index (χ1n) is 9.51. The van der Waals surface area contributed by atoms with Crippen LogP contribution in [0.3, 0.4) is 0 Å². The molecule has 30 heavy (non-hydrogen) atoms. The second kappa shape index (κ2) is 7.55. The molecule has 0 saturated heterocycles. The van der Waals surface area contributed by atoms with Gasteiger partial charge in [0.2, 0.25) is 5.82 Å². The monoisotopic (exact) mass is 422 g/mol. The van der Waals surface area contributed by atoms with Crippen LogP contribution in [-0.2, 0) is 6.54 Å². The van der Waals surface area contributed by atoms with Crippen LogP contribution in [0.2, 0.25) is 5.02 Å². The first-order chi connectivity index (χ1) is 14.6. The largest absolute Gasteiger partial charge is 0.497 e. The Morgan fingerprint density at radius 2 is 1.90 bits per heavy atom. The Morgan fingerprint density at radius 3 is 2.67 bits per heavy atom. The molecule has 3 heterocycles. The predicted octanol–water partition coefficient (Wildman–Crippen LogP) is 3.69. The minimum Gasteiger partial charge on any atom is -0.497 e. The minimum absolute atomic E-state index is 0.279. The van der Waals surface area contributed by atoms with Gasteiger partial charge in [0.05, 0.1) is 7.11 Å². The van der Waals surface area contributed by atoms with E-state index in [1.165, 1.54) is 0 Å². The van der Waals surface area contributed by atoms with Crippen molar-refractivity contribution in [3.05, 3.63) is 65.3 Å². The van der Waals surface area contributed by atoms with Gasteiger partial charge in [-0.15, -0.1) is 10.2 Å². The Balaban J connectivity index is 1.52. The molecule has 0 spiro atoms. The van der Waals surface area contributed by atoms with Gasteiger partial charge in [-0.2, -0.15) is 4.98 Å². The highest BCUT2D eigenvalue weighted by Crippen LogP contribution is 2.33. The zero-order valence-corrected chi connectivity index (χ0v) is 17.2. The van der Waals surface area contributed by atoms with Gasteiger partial charge in [-0.05, 0) is 43.4 Å². The third-order valence-corrected chi connectivity index (χ3v) is 5.48. The number of likely N-dealkylation sites (N-methyl/N-ethyl adjacent to an activating group) is 1. The van der Waals surface area contributed by atoms with Crippen LogP contribution < -0.4 is 4.74 Å². The SMILES string of the molecule is COc1ccc(-c2nnc3n2CCN(C)C3c2nc(-c3cccc(Cl)c3)no2)cc1. The van der Waals surface area contributed by atoms with Gasteiger partial charge < -0.3 is 13.8 Å². The number of nitrogens with zero attached hydrogens (tertiary/aromatic N) is 6. The molecule has 0 saturated carbocycles. The van der Waals surface area contributed by atoms with Crippen LogP contribution in [-0.4, -0.2) is 50.5 Å². The van der Waals surface area contributed by atoms with E-state index in [4.69, 9.17) is 20.9 Å². The molecule has 5 rings (SSSR count). The predicted molar refractivity (Wildman–Crippen MR) is 111 cm³/mol. The van der Waals surface area contributed by atoms with Crippen molar-refractivity contribution in [2.45, 2.75) is 12.6 Å². The standard InChI is InChI=1S/C21H19ClN6O2/c1-27-10-11-28-19(13-6-8-16(29-2)9-7-13)24-25-20(28)17(27)21-23-18(26-30-21)14-4-3-5-15(22)12-14/h3-9,12,17H,10-11H2,1-2H3. The van der Waals surface area contributed by atoms with E-state index in [9.17, 15) is 0 Å². The summed E-state index contributed by atoms with van der Waals surface area (Å²) in [6.45, 7) is 1.57. The number of rotatable bonds is 4. The molecule has 1 aliphatic rings. The van der Waals surface area contributed by atoms with Gasteiger partial charge in [0.25, 0.3) is 5.89 Å². The van der Waals surface area contributed by atoms with Gasteiger partial charge in [0, 0.05) is 29.2 Å². The molecule has 152 valence electrons. The van der Waals surface area contributed by atoms with Gasteiger partial charge in [0.1, 0.15) is 5.75 Å². The molecular weight excluding hydrogens is 404 g/mol. The minimum atomic E-state index is -0.279. The summed E-state index contributed by atoms with van der Waals surface area (Å²) < 4.78 is 13.0. The fraction of sp³-hybridized carbons (Fsp3) is 0.238.